The molecule has 4 aromatic rings. The predicted molar refractivity (Wildman–Crippen MR) is 131 cm³/mol. The molecule has 174 valence electrons. The molecule has 1 aliphatic heterocycles. The number of aryl methyl sites for hydroxylation is 4. The second kappa shape index (κ2) is 8.85. The molecule has 0 aliphatic carbocycles. The zero-order chi connectivity index (χ0) is 23.8. The van der Waals surface area contributed by atoms with Gasteiger partial charge in [0.25, 0.3) is 5.95 Å². The summed E-state index contributed by atoms with van der Waals surface area (Å²) in [5.41, 5.74) is 7.46. The number of nitrogens with zero attached hydrogens (tertiary/aromatic N) is 6. The van der Waals surface area contributed by atoms with Crippen LogP contribution < -0.4 is 5.32 Å². The van der Waals surface area contributed by atoms with Gasteiger partial charge in [-0.05, 0) is 77.3 Å². The molecule has 0 bridgehead atoms. The van der Waals surface area contributed by atoms with Crippen LogP contribution in [-0.4, -0.2) is 35.2 Å². The number of anilines is 1. The minimum Gasteiger partial charge on any atom is -0.328 e. The Morgan fingerprint density at radius 3 is 2.50 bits per heavy atom. The molecule has 8 heteroatoms. The first-order valence-electron chi connectivity index (χ1n) is 11.7. The van der Waals surface area contributed by atoms with E-state index in [1.165, 1.54) is 18.5 Å². The number of carbonyl (C=O) groups is 1. The molecule has 0 atom stereocenters. The van der Waals surface area contributed by atoms with Gasteiger partial charge in [-0.1, -0.05) is 0 Å². The van der Waals surface area contributed by atoms with Crippen LogP contribution in [-0.2, 0) is 24.2 Å². The Morgan fingerprint density at radius 2 is 1.76 bits per heavy atom. The van der Waals surface area contributed by atoms with E-state index in [-0.39, 0.29) is 12.3 Å². The summed E-state index contributed by atoms with van der Waals surface area (Å²) in [5, 5.41) is 7.61. The Balaban J connectivity index is 1.30. The lowest BCUT2D eigenvalue weighted by atomic mass is 10.1. The van der Waals surface area contributed by atoms with E-state index in [1.807, 2.05) is 64.2 Å². The van der Waals surface area contributed by atoms with Crippen LogP contribution in [0.2, 0.25) is 0 Å². The van der Waals surface area contributed by atoms with E-state index < -0.39 is 0 Å². The smallest absolute Gasteiger partial charge is 0.251 e. The van der Waals surface area contributed by atoms with Gasteiger partial charge in [-0.15, -0.1) is 0 Å². The predicted octanol–water partition coefficient (Wildman–Crippen LogP) is 4.28. The number of amides is 1. The zero-order valence-corrected chi connectivity index (χ0v) is 20.1. The van der Waals surface area contributed by atoms with E-state index in [2.05, 4.69) is 29.9 Å². The van der Waals surface area contributed by atoms with E-state index >= 15 is 0 Å². The number of rotatable bonds is 5. The average Bonchev–Trinajstić information content (AvgIpc) is 3.35. The summed E-state index contributed by atoms with van der Waals surface area (Å²) >= 11 is 0. The van der Waals surface area contributed by atoms with Crippen molar-refractivity contribution in [2.75, 3.05) is 5.32 Å². The van der Waals surface area contributed by atoms with Crippen molar-refractivity contribution in [1.29, 1.82) is 0 Å². The standard InChI is InChI=1S/C26H29N7O/c1-16-13-17(2)29-26(28-16)33-19(4)23(18(3)31-33)14-24(34)30-21-10-8-20(9-11-21)25-27-15-22-7-5-6-12-32(22)25/h8-11,13,15H,5-7,12,14H2,1-4H3,(H,30,34). The number of aromatic nitrogens is 6. The average molecular weight is 456 g/mol. The molecule has 4 heterocycles. The highest BCUT2D eigenvalue weighted by molar-refractivity contribution is 5.92. The summed E-state index contributed by atoms with van der Waals surface area (Å²) in [6.45, 7) is 8.75. The topological polar surface area (TPSA) is 90.5 Å². The second-order valence-corrected chi connectivity index (χ2v) is 9.00. The van der Waals surface area contributed by atoms with E-state index in [9.17, 15) is 4.79 Å². The molecule has 0 saturated carbocycles. The maximum Gasteiger partial charge on any atom is 0.251 e. The Morgan fingerprint density at radius 1 is 1.03 bits per heavy atom. The van der Waals surface area contributed by atoms with Crippen molar-refractivity contribution in [3.8, 4) is 17.3 Å². The van der Waals surface area contributed by atoms with Gasteiger partial charge in [0.05, 0.1) is 12.1 Å². The molecule has 0 saturated heterocycles. The lowest BCUT2D eigenvalue weighted by Crippen LogP contribution is -2.15. The van der Waals surface area contributed by atoms with Crippen LogP contribution in [0.1, 0.15) is 46.9 Å². The molecule has 0 fully saturated rings. The van der Waals surface area contributed by atoms with Crippen molar-refractivity contribution >= 4 is 11.6 Å². The summed E-state index contributed by atoms with van der Waals surface area (Å²) in [5.74, 6) is 1.44. The fraction of sp³-hybridized carbons (Fsp3) is 0.346. The number of benzene rings is 1. The van der Waals surface area contributed by atoms with Gasteiger partial charge in [0, 0.05) is 52.3 Å². The van der Waals surface area contributed by atoms with Crippen molar-refractivity contribution in [2.45, 2.75) is 59.9 Å². The molecule has 3 aromatic heterocycles. The zero-order valence-electron chi connectivity index (χ0n) is 20.1. The maximum absolute atomic E-state index is 12.8. The summed E-state index contributed by atoms with van der Waals surface area (Å²) < 4.78 is 4.03. The number of nitrogens with one attached hydrogen (secondary N) is 1. The van der Waals surface area contributed by atoms with E-state index in [0.29, 0.717) is 5.95 Å². The molecule has 1 amide bonds. The van der Waals surface area contributed by atoms with Crippen molar-refractivity contribution < 1.29 is 4.79 Å². The van der Waals surface area contributed by atoms with Crippen molar-refractivity contribution in [3.05, 3.63) is 70.6 Å². The normalized spacial score (nSPS) is 13.1. The van der Waals surface area contributed by atoms with Crippen LogP contribution in [0, 0.1) is 27.7 Å². The lowest BCUT2D eigenvalue weighted by molar-refractivity contribution is -0.115. The van der Waals surface area contributed by atoms with E-state index in [0.717, 1.165) is 58.4 Å². The second-order valence-electron chi connectivity index (χ2n) is 9.00. The van der Waals surface area contributed by atoms with Gasteiger partial charge >= 0.3 is 0 Å². The van der Waals surface area contributed by atoms with Crippen LogP contribution in [0.3, 0.4) is 0 Å². The van der Waals surface area contributed by atoms with Gasteiger partial charge in [0.15, 0.2) is 0 Å². The van der Waals surface area contributed by atoms with Gasteiger partial charge < -0.3 is 9.88 Å². The third kappa shape index (κ3) is 4.23. The Hall–Kier alpha value is -3.81. The molecule has 1 N–H and O–H groups in total. The van der Waals surface area contributed by atoms with Crippen LogP contribution in [0.15, 0.2) is 36.5 Å². The molecule has 1 aromatic carbocycles. The van der Waals surface area contributed by atoms with Crippen molar-refractivity contribution in [3.63, 3.8) is 0 Å². The number of hydrogen-bond acceptors (Lipinski definition) is 5. The Kier molecular flexibility index (Phi) is 5.73. The van der Waals surface area contributed by atoms with E-state index in [1.54, 1.807) is 4.68 Å². The summed E-state index contributed by atoms with van der Waals surface area (Å²) in [4.78, 5) is 26.5. The number of carbonyl (C=O) groups excluding carboxylic acids is 1. The van der Waals surface area contributed by atoms with Crippen molar-refractivity contribution in [1.82, 2.24) is 29.3 Å². The molecule has 0 radical (unpaired) electrons. The highest BCUT2D eigenvalue weighted by Gasteiger charge is 2.18. The van der Waals surface area contributed by atoms with Crippen LogP contribution in [0.4, 0.5) is 5.69 Å². The highest BCUT2D eigenvalue weighted by atomic mass is 16.1. The minimum atomic E-state index is -0.0852. The van der Waals surface area contributed by atoms with Gasteiger partial charge in [0.1, 0.15) is 5.82 Å². The summed E-state index contributed by atoms with van der Waals surface area (Å²) in [7, 11) is 0. The number of fused-ring (bicyclic) bond motifs is 1. The Labute approximate surface area is 199 Å². The quantitative estimate of drug-likeness (QED) is 0.485. The summed E-state index contributed by atoms with van der Waals surface area (Å²) in [6, 6.07) is 9.84. The third-order valence-electron chi connectivity index (χ3n) is 6.37. The summed E-state index contributed by atoms with van der Waals surface area (Å²) in [6.07, 6.45) is 5.73. The van der Waals surface area contributed by atoms with Gasteiger partial charge in [-0.2, -0.15) is 5.10 Å². The Bertz CT molecular complexity index is 1340. The largest absolute Gasteiger partial charge is 0.328 e. The highest BCUT2D eigenvalue weighted by Crippen LogP contribution is 2.26. The third-order valence-corrected chi connectivity index (χ3v) is 6.37. The first-order chi connectivity index (χ1) is 16.4. The van der Waals surface area contributed by atoms with E-state index in [4.69, 9.17) is 0 Å². The monoisotopic (exact) mass is 455 g/mol. The first kappa shape index (κ1) is 22.0. The maximum atomic E-state index is 12.8. The first-order valence-corrected chi connectivity index (χ1v) is 11.7. The molecule has 0 unspecified atom stereocenters. The van der Waals surface area contributed by atoms with Crippen LogP contribution in [0.5, 0.6) is 0 Å². The number of imidazole rings is 1. The van der Waals surface area contributed by atoms with Gasteiger partial charge in [-0.3, -0.25) is 4.79 Å². The molecular weight excluding hydrogens is 426 g/mol. The van der Waals surface area contributed by atoms with Gasteiger partial charge in [-0.25, -0.2) is 19.6 Å². The molecule has 0 spiro atoms. The fourth-order valence-corrected chi connectivity index (χ4v) is 4.66. The van der Waals surface area contributed by atoms with Crippen molar-refractivity contribution in [2.24, 2.45) is 0 Å². The SMILES string of the molecule is Cc1cc(C)nc(-n2nc(C)c(CC(=O)Nc3ccc(-c4ncc5n4CCCC5)cc3)c2C)n1. The number of hydrogen-bond donors (Lipinski definition) is 1. The van der Waals surface area contributed by atoms with Crippen LogP contribution >= 0.6 is 0 Å². The lowest BCUT2D eigenvalue weighted by Gasteiger charge is -2.16. The fourth-order valence-electron chi connectivity index (χ4n) is 4.66. The molecular formula is C26H29N7O. The molecule has 8 nitrogen and oxygen atoms in total. The molecule has 34 heavy (non-hydrogen) atoms. The van der Waals surface area contributed by atoms with Crippen LogP contribution in [0.25, 0.3) is 17.3 Å². The molecule has 1 aliphatic rings. The molecule has 5 rings (SSSR count). The van der Waals surface area contributed by atoms with Gasteiger partial charge in [0.2, 0.25) is 5.91 Å². The minimum absolute atomic E-state index is 0.0852.